The second kappa shape index (κ2) is 6.82. The summed E-state index contributed by atoms with van der Waals surface area (Å²) >= 11 is 0. The Morgan fingerprint density at radius 2 is 1.60 bits per heavy atom. The molecule has 2 fully saturated rings. The van der Waals surface area contributed by atoms with E-state index in [-0.39, 0.29) is 5.91 Å². The molecule has 1 spiro atoms. The minimum absolute atomic E-state index is 0.0182. The Morgan fingerprint density at radius 1 is 0.920 bits per heavy atom. The zero-order valence-corrected chi connectivity index (χ0v) is 14.5. The molecule has 0 bridgehead atoms. The Bertz CT molecular complexity index is 701. The zero-order valence-electron chi connectivity index (χ0n) is 14.5. The fourth-order valence-corrected chi connectivity index (χ4v) is 4.13. The Hall–Kier alpha value is -2.43. The van der Waals surface area contributed by atoms with Gasteiger partial charge in [0.15, 0.2) is 0 Å². The van der Waals surface area contributed by atoms with Crippen LogP contribution in [-0.4, -0.2) is 47.0 Å². The molecule has 4 rings (SSSR count). The lowest BCUT2D eigenvalue weighted by Gasteiger charge is -2.47. The van der Waals surface area contributed by atoms with E-state index in [0.717, 1.165) is 39.0 Å². The average Bonchev–Trinajstić information content (AvgIpc) is 2.70. The van der Waals surface area contributed by atoms with Gasteiger partial charge in [-0.2, -0.15) is 0 Å². The molecule has 5 nitrogen and oxygen atoms in total. The summed E-state index contributed by atoms with van der Waals surface area (Å²) < 4.78 is 0. The van der Waals surface area contributed by atoms with Crippen molar-refractivity contribution in [3.05, 3.63) is 54.6 Å². The fraction of sp³-hybridized carbons (Fsp3) is 0.450. The number of anilines is 1. The van der Waals surface area contributed by atoms with Gasteiger partial charge in [-0.3, -0.25) is 9.78 Å². The number of aromatic nitrogens is 2. The number of hydrogen-bond donors (Lipinski definition) is 0. The van der Waals surface area contributed by atoms with Crippen LogP contribution in [-0.2, 0) is 0 Å². The maximum atomic E-state index is 12.5. The van der Waals surface area contributed by atoms with Crippen molar-refractivity contribution >= 4 is 11.6 Å². The predicted octanol–water partition coefficient (Wildman–Crippen LogP) is 3.00. The molecule has 0 saturated carbocycles. The number of para-hydroxylation sites is 1. The first-order chi connectivity index (χ1) is 12.3. The minimum Gasteiger partial charge on any atom is -0.371 e. The van der Waals surface area contributed by atoms with Gasteiger partial charge in [0.25, 0.3) is 5.91 Å². The second-order valence-corrected chi connectivity index (χ2v) is 7.21. The van der Waals surface area contributed by atoms with Gasteiger partial charge in [0, 0.05) is 44.3 Å². The monoisotopic (exact) mass is 336 g/mol. The first-order valence-corrected chi connectivity index (χ1v) is 9.11. The highest BCUT2D eigenvalue weighted by Crippen LogP contribution is 2.42. The van der Waals surface area contributed by atoms with Crippen LogP contribution >= 0.6 is 0 Å². The fourth-order valence-electron chi connectivity index (χ4n) is 4.13. The Kier molecular flexibility index (Phi) is 4.38. The summed E-state index contributed by atoms with van der Waals surface area (Å²) in [6.45, 7) is 3.89. The molecule has 0 radical (unpaired) electrons. The molecule has 2 aromatic rings. The largest absolute Gasteiger partial charge is 0.371 e. The Morgan fingerprint density at radius 3 is 2.24 bits per heavy atom. The molecule has 0 atom stereocenters. The molecule has 130 valence electrons. The summed E-state index contributed by atoms with van der Waals surface area (Å²) in [4.78, 5) is 25.1. The molecule has 5 heteroatoms. The van der Waals surface area contributed by atoms with Crippen LogP contribution in [0.4, 0.5) is 5.69 Å². The van der Waals surface area contributed by atoms with Gasteiger partial charge in [-0.05, 0) is 43.2 Å². The van der Waals surface area contributed by atoms with Crippen LogP contribution in [0.2, 0.25) is 0 Å². The maximum absolute atomic E-state index is 12.5. The van der Waals surface area contributed by atoms with E-state index in [2.05, 4.69) is 45.2 Å². The molecule has 0 aliphatic carbocycles. The number of rotatable bonds is 2. The summed E-state index contributed by atoms with van der Waals surface area (Å²) in [6, 6.07) is 10.7. The van der Waals surface area contributed by atoms with E-state index in [1.807, 2.05) is 4.90 Å². The number of benzene rings is 1. The van der Waals surface area contributed by atoms with E-state index in [0.29, 0.717) is 11.1 Å². The highest BCUT2D eigenvalue weighted by Gasteiger charge is 2.38. The van der Waals surface area contributed by atoms with Gasteiger partial charge in [-0.1, -0.05) is 18.2 Å². The van der Waals surface area contributed by atoms with Crippen molar-refractivity contribution in [3.8, 4) is 0 Å². The lowest BCUT2D eigenvalue weighted by Crippen LogP contribution is -2.48. The van der Waals surface area contributed by atoms with Crippen molar-refractivity contribution in [3.63, 3.8) is 0 Å². The summed E-state index contributed by atoms with van der Waals surface area (Å²) in [5.74, 6) is 0.0182. The van der Waals surface area contributed by atoms with E-state index < -0.39 is 0 Å². The molecule has 2 aliphatic heterocycles. The molecule has 1 aromatic carbocycles. The van der Waals surface area contributed by atoms with Crippen LogP contribution < -0.4 is 4.90 Å². The number of amides is 1. The second-order valence-electron chi connectivity index (χ2n) is 7.21. The quantitative estimate of drug-likeness (QED) is 0.846. The summed E-state index contributed by atoms with van der Waals surface area (Å²) in [5, 5.41) is 0. The van der Waals surface area contributed by atoms with E-state index >= 15 is 0 Å². The van der Waals surface area contributed by atoms with Crippen molar-refractivity contribution < 1.29 is 4.79 Å². The zero-order chi connectivity index (χ0) is 17.1. The van der Waals surface area contributed by atoms with Gasteiger partial charge in [0.2, 0.25) is 0 Å². The number of carbonyl (C=O) groups excluding carboxylic acids is 1. The number of nitrogens with zero attached hydrogens (tertiary/aromatic N) is 4. The van der Waals surface area contributed by atoms with Crippen molar-refractivity contribution in [1.82, 2.24) is 14.9 Å². The van der Waals surface area contributed by atoms with E-state index in [1.165, 1.54) is 18.5 Å². The predicted molar refractivity (Wildman–Crippen MR) is 97.5 cm³/mol. The SMILES string of the molecule is O=C(c1cnccn1)N1CCC2(CC1)CCN(c1ccccc1)CC2. The van der Waals surface area contributed by atoms with E-state index in [9.17, 15) is 4.79 Å². The lowest BCUT2D eigenvalue weighted by molar-refractivity contribution is 0.0509. The summed E-state index contributed by atoms with van der Waals surface area (Å²) in [6.07, 6.45) is 9.37. The van der Waals surface area contributed by atoms with Crippen LogP contribution in [0.5, 0.6) is 0 Å². The summed E-state index contributed by atoms with van der Waals surface area (Å²) in [5.41, 5.74) is 2.19. The molecule has 2 aliphatic rings. The minimum atomic E-state index is 0.0182. The van der Waals surface area contributed by atoms with Crippen molar-refractivity contribution in [2.45, 2.75) is 25.7 Å². The number of hydrogen-bond acceptors (Lipinski definition) is 4. The molecule has 1 amide bonds. The normalized spacial score (nSPS) is 19.8. The first-order valence-electron chi connectivity index (χ1n) is 9.11. The molecule has 0 unspecified atom stereocenters. The molecule has 0 N–H and O–H groups in total. The highest BCUT2D eigenvalue weighted by molar-refractivity contribution is 5.92. The van der Waals surface area contributed by atoms with Gasteiger partial charge < -0.3 is 9.80 Å². The number of piperidine rings is 2. The highest BCUT2D eigenvalue weighted by atomic mass is 16.2. The van der Waals surface area contributed by atoms with Gasteiger partial charge in [-0.25, -0.2) is 4.98 Å². The Labute approximate surface area is 148 Å². The third kappa shape index (κ3) is 3.36. The van der Waals surface area contributed by atoms with Gasteiger partial charge in [0.05, 0.1) is 6.20 Å². The molecule has 3 heterocycles. The van der Waals surface area contributed by atoms with Crippen LogP contribution in [0.1, 0.15) is 36.2 Å². The van der Waals surface area contributed by atoms with Crippen LogP contribution in [0, 0.1) is 5.41 Å². The third-order valence-corrected chi connectivity index (χ3v) is 5.84. The smallest absolute Gasteiger partial charge is 0.274 e. The van der Waals surface area contributed by atoms with E-state index in [1.54, 1.807) is 18.6 Å². The standard InChI is InChI=1S/C20H24N4O/c25-19(18-16-21-10-11-22-18)24-14-8-20(9-15-24)6-12-23(13-7-20)17-4-2-1-3-5-17/h1-5,10-11,16H,6-9,12-15H2. The molecule has 2 saturated heterocycles. The molecule has 1 aromatic heterocycles. The van der Waals surface area contributed by atoms with Crippen molar-refractivity contribution in [2.24, 2.45) is 5.41 Å². The topological polar surface area (TPSA) is 49.3 Å². The van der Waals surface area contributed by atoms with Crippen molar-refractivity contribution in [1.29, 1.82) is 0 Å². The van der Waals surface area contributed by atoms with Crippen LogP contribution in [0.3, 0.4) is 0 Å². The lowest BCUT2D eigenvalue weighted by atomic mass is 9.71. The van der Waals surface area contributed by atoms with Gasteiger partial charge in [0.1, 0.15) is 5.69 Å². The Balaban J connectivity index is 1.34. The molecule has 25 heavy (non-hydrogen) atoms. The average molecular weight is 336 g/mol. The van der Waals surface area contributed by atoms with Gasteiger partial charge in [-0.15, -0.1) is 0 Å². The maximum Gasteiger partial charge on any atom is 0.274 e. The molecular formula is C20H24N4O. The number of carbonyl (C=O) groups is 1. The molecular weight excluding hydrogens is 312 g/mol. The van der Waals surface area contributed by atoms with Crippen LogP contribution in [0.15, 0.2) is 48.9 Å². The first kappa shape index (κ1) is 16.1. The van der Waals surface area contributed by atoms with Crippen molar-refractivity contribution in [2.75, 3.05) is 31.1 Å². The van der Waals surface area contributed by atoms with Gasteiger partial charge >= 0.3 is 0 Å². The van der Waals surface area contributed by atoms with E-state index in [4.69, 9.17) is 0 Å². The van der Waals surface area contributed by atoms with Crippen LogP contribution in [0.25, 0.3) is 0 Å². The summed E-state index contributed by atoms with van der Waals surface area (Å²) in [7, 11) is 0. The third-order valence-electron chi connectivity index (χ3n) is 5.84. The number of likely N-dealkylation sites (tertiary alicyclic amines) is 1.